The number of fused-ring (bicyclic) bond motifs is 2. The van der Waals surface area contributed by atoms with Crippen molar-refractivity contribution in [3.63, 3.8) is 0 Å². The van der Waals surface area contributed by atoms with Crippen molar-refractivity contribution >= 4 is 11.3 Å². The van der Waals surface area contributed by atoms with Gasteiger partial charge in [-0.25, -0.2) is 4.39 Å². The summed E-state index contributed by atoms with van der Waals surface area (Å²) in [6.45, 7) is 0.915. The van der Waals surface area contributed by atoms with Crippen LogP contribution in [0.25, 0.3) is 0 Å². The van der Waals surface area contributed by atoms with Gasteiger partial charge in [-0.05, 0) is 60.9 Å². The van der Waals surface area contributed by atoms with E-state index in [0.29, 0.717) is 6.04 Å². The number of benzene rings is 1. The first-order chi connectivity index (χ1) is 9.81. The molecule has 3 heteroatoms. The van der Waals surface area contributed by atoms with Crippen molar-refractivity contribution in [2.75, 3.05) is 0 Å². The fourth-order valence-electron chi connectivity index (χ4n) is 3.52. The zero-order valence-electron chi connectivity index (χ0n) is 11.4. The molecule has 4 rings (SSSR count). The summed E-state index contributed by atoms with van der Waals surface area (Å²) in [7, 11) is 0. The summed E-state index contributed by atoms with van der Waals surface area (Å²) in [6, 6.07) is 8.15. The lowest BCUT2D eigenvalue weighted by Gasteiger charge is -2.13. The van der Waals surface area contributed by atoms with E-state index in [1.54, 1.807) is 16.5 Å². The molecule has 2 aromatic rings. The zero-order valence-corrected chi connectivity index (χ0v) is 12.2. The Kier molecular flexibility index (Phi) is 3.12. The molecule has 1 heterocycles. The molecule has 0 saturated carbocycles. The molecule has 0 fully saturated rings. The van der Waals surface area contributed by atoms with E-state index in [9.17, 15) is 4.39 Å². The molecule has 0 spiro atoms. The van der Waals surface area contributed by atoms with E-state index in [-0.39, 0.29) is 5.82 Å². The Morgan fingerprint density at radius 3 is 3.10 bits per heavy atom. The maximum absolute atomic E-state index is 13.7. The van der Waals surface area contributed by atoms with E-state index in [1.165, 1.54) is 24.1 Å². The third-order valence-corrected chi connectivity index (χ3v) is 5.77. The van der Waals surface area contributed by atoms with Crippen molar-refractivity contribution in [2.24, 2.45) is 0 Å². The van der Waals surface area contributed by atoms with Crippen molar-refractivity contribution in [2.45, 2.75) is 44.7 Å². The van der Waals surface area contributed by atoms with Crippen molar-refractivity contribution in [3.05, 3.63) is 56.5 Å². The quantitative estimate of drug-likeness (QED) is 0.894. The summed E-state index contributed by atoms with van der Waals surface area (Å²) in [5.74, 6) is -0.0399. The van der Waals surface area contributed by atoms with Crippen molar-refractivity contribution < 1.29 is 4.39 Å². The number of hydrogen-bond acceptors (Lipinski definition) is 2. The van der Waals surface area contributed by atoms with Gasteiger partial charge in [-0.3, -0.25) is 0 Å². The van der Waals surface area contributed by atoms with Gasteiger partial charge in [0.2, 0.25) is 0 Å². The van der Waals surface area contributed by atoms with Crippen LogP contribution < -0.4 is 5.32 Å². The molecule has 0 radical (unpaired) electrons. The van der Waals surface area contributed by atoms with Gasteiger partial charge in [0.05, 0.1) is 0 Å². The van der Waals surface area contributed by atoms with Crippen LogP contribution in [0.1, 0.15) is 45.3 Å². The fraction of sp³-hybridized carbons (Fsp3) is 0.412. The van der Waals surface area contributed by atoms with Gasteiger partial charge in [0.1, 0.15) is 5.82 Å². The smallest absolute Gasteiger partial charge is 0.126 e. The largest absolute Gasteiger partial charge is 0.305 e. The average molecular weight is 287 g/mol. The summed E-state index contributed by atoms with van der Waals surface area (Å²) < 4.78 is 13.7. The van der Waals surface area contributed by atoms with Crippen LogP contribution in [-0.4, -0.2) is 0 Å². The normalized spacial score (nSPS) is 20.1. The van der Waals surface area contributed by atoms with E-state index >= 15 is 0 Å². The lowest BCUT2D eigenvalue weighted by Crippen LogP contribution is -2.18. The minimum atomic E-state index is -0.0399. The minimum Gasteiger partial charge on any atom is -0.305 e. The van der Waals surface area contributed by atoms with Crippen molar-refractivity contribution in [3.8, 4) is 0 Å². The van der Waals surface area contributed by atoms with E-state index in [2.05, 4.69) is 17.4 Å². The summed E-state index contributed by atoms with van der Waals surface area (Å²) >= 11 is 1.95. The summed E-state index contributed by atoms with van der Waals surface area (Å²) in [5, 5.41) is 3.61. The molecule has 2 aliphatic carbocycles. The number of hydrogen-bond donors (Lipinski definition) is 1. The highest BCUT2D eigenvalue weighted by molar-refractivity contribution is 7.12. The maximum Gasteiger partial charge on any atom is 0.126 e. The fourth-order valence-corrected chi connectivity index (χ4v) is 4.73. The molecule has 1 N–H and O–H groups in total. The van der Waals surface area contributed by atoms with Gasteiger partial charge in [0, 0.05) is 22.3 Å². The molecule has 104 valence electrons. The highest BCUT2D eigenvalue weighted by Gasteiger charge is 2.24. The summed E-state index contributed by atoms with van der Waals surface area (Å²) in [5.41, 5.74) is 3.64. The molecule has 0 amide bonds. The second-order valence-corrected chi connectivity index (χ2v) is 7.02. The molecule has 1 atom stereocenters. The van der Waals surface area contributed by atoms with Crippen LogP contribution in [0.2, 0.25) is 0 Å². The summed E-state index contributed by atoms with van der Waals surface area (Å²) in [4.78, 5) is 3.01. The van der Waals surface area contributed by atoms with Crippen LogP contribution in [0.15, 0.2) is 24.3 Å². The van der Waals surface area contributed by atoms with Gasteiger partial charge in [-0.1, -0.05) is 12.1 Å². The third-order valence-electron chi connectivity index (χ3n) is 4.53. The first kappa shape index (κ1) is 12.5. The van der Waals surface area contributed by atoms with Crippen LogP contribution >= 0.6 is 11.3 Å². The monoisotopic (exact) mass is 287 g/mol. The van der Waals surface area contributed by atoms with Crippen LogP contribution in [0.5, 0.6) is 0 Å². The van der Waals surface area contributed by atoms with E-state index in [1.807, 2.05) is 17.4 Å². The van der Waals surface area contributed by atoms with Crippen molar-refractivity contribution in [1.82, 2.24) is 5.32 Å². The first-order valence-corrected chi connectivity index (χ1v) is 8.24. The molecule has 0 saturated heterocycles. The van der Waals surface area contributed by atoms with Crippen LogP contribution in [-0.2, 0) is 25.8 Å². The number of aryl methyl sites for hydroxylation is 2. The van der Waals surface area contributed by atoms with Gasteiger partial charge in [0.25, 0.3) is 0 Å². The molecule has 0 bridgehead atoms. The molecule has 1 nitrogen and oxygen atoms in total. The summed E-state index contributed by atoms with van der Waals surface area (Å²) in [6.07, 6.45) is 5.72. The standard InChI is InChI=1S/C17H18FNS/c18-15-5-2-4-14-13(15)7-8-16(14)19-10-12-9-11-3-1-6-17(11)20-12/h2,4-5,9,16,19H,1,3,6-8,10H2. The zero-order chi connectivity index (χ0) is 13.5. The molecule has 1 unspecified atom stereocenters. The Morgan fingerprint density at radius 2 is 2.20 bits per heavy atom. The molecular formula is C17H18FNS. The van der Waals surface area contributed by atoms with E-state index < -0.39 is 0 Å². The third kappa shape index (κ3) is 2.09. The van der Waals surface area contributed by atoms with Gasteiger partial charge in [-0.2, -0.15) is 0 Å². The number of thiophene rings is 1. The number of rotatable bonds is 3. The molecular weight excluding hydrogens is 269 g/mol. The highest BCUT2D eigenvalue weighted by atomic mass is 32.1. The predicted molar refractivity (Wildman–Crippen MR) is 80.6 cm³/mol. The minimum absolute atomic E-state index is 0.0399. The van der Waals surface area contributed by atoms with E-state index in [0.717, 1.165) is 30.5 Å². The Bertz CT molecular complexity index is 625. The second kappa shape index (κ2) is 4.97. The Morgan fingerprint density at radius 1 is 1.25 bits per heavy atom. The van der Waals surface area contributed by atoms with Crippen LogP contribution in [0, 0.1) is 5.82 Å². The Hall–Kier alpha value is -1.19. The van der Waals surface area contributed by atoms with Gasteiger partial charge >= 0.3 is 0 Å². The Labute approximate surface area is 122 Å². The van der Waals surface area contributed by atoms with Crippen molar-refractivity contribution in [1.29, 1.82) is 0 Å². The molecule has 0 aliphatic heterocycles. The number of nitrogens with one attached hydrogen (secondary N) is 1. The average Bonchev–Trinajstić information content (AvgIpc) is 3.10. The predicted octanol–water partition coefficient (Wildman–Crippen LogP) is 4.15. The first-order valence-electron chi connectivity index (χ1n) is 7.42. The van der Waals surface area contributed by atoms with Gasteiger partial charge in [0.15, 0.2) is 0 Å². The van der Waals surface area contributed by atoms with Crippen LogP contribution in [0.3, 0.4) is 0 Å². The highest BCUT2D eigenvalue weighted by Crippen LogP contribution is 2.34. The lowest BCUT2D eigenvalue weighted by molar-refractivity contribution is 0.533. The topological polar surface area (TPSA) is 12.0 Å². The maximum atomic E-state index is 13.7. The van der Waals surface area contributed by atoms with Gasteiger partial charge in [-0.15, -0.1) is 11.3 Å². The van der Waals surface area contributed by atoms with E-state index in [4.69, 9.17) is 0 Å². The molecule has 1 aromatic carbocycles. The number of halogens is 1. The van der Waals surface area contributed by atoms with Gasteiger partial charge < -0.3 is 5.32 Å². The molecule has 1 aromatic heterocycles. The lowest BCUT2D eigenvalue weighted by atomic mass is 10.1. The van der Waals surface area contributed by atoms with Crippen LogP contribution in [0.4, 0.5) is 4.39 Å². The second-order valence-electron chi connectivity index (χ2n) is 5.79. The SMILES string of the molecule is Fc1cccc2c1CCC2NCc1cc2c(s1)CCC2. The molecule has 20 heavy (non-hydrogen) atoms. The molecule has 2 aliphatic rings. The Balaban J connectivity index is 1.47.